The van der Waals surface area contributed by atoms with Gasteiger partial charge in [-0.3, -0.25) is 14.3 Å². The number of aliphatic hydroxyl groups excluding tert-OH is 1. The zero-order valence-electron chi connectivity index (χ0n) is 20.0. The van der Waals surface area contributed by atoms with Crippen LogP contribution in [-0.2, 0) is 24.3 Å². The average molecular weight is 566 g/mol. The number of aromatic nitrogens is 7. The third-order valence-electron chi connectivity index (χ3n) is 6.17. The van der Waals surface area contributed by atoms with E-state index in [9.17, 15) is 32.3 Å². The number of alkyl halides is 4. The molecule has 1 aliphatic carbocycles. The molecular weight excluding hydrogens is 546 g/mol. The molecule has 39 heavy (non-hydrogen) atoms. The van der Waals surface area contributed by atoms with Crippen LogP contribution in [0.25, 0.3) is 17.1 Å². The van der Waals surface area contributed by atoms with Crippen LogP contribution in [0.3, 0.4) is 0 Å². The van der Waals surface area contributed by atoms with Crippen molar-refractivity contribution in [2.75, 3.05) is 0 Å². The molecule has 0 aliphatic heterocycles. The van der Waals surface area contributed by atoms with Gasteiger partial charge in [0.1, 0.15) is 24.8 Å². The van der Waals surface area contributed by atoms with Crippen LogP contribution in [0.1, 0.15) is 17.9 Å². The molecule has 5 rings (SSSR count). The number of ketones is 1. The summed E-state index contributed by atoms with van der Waals surface area (Å²) < 4.78 is 55.5. The number of hydrogen-bond acceptors (Lipinski definition) is 7. The van der Waals surface area contributed by atoms with Gasteiger partial charge >= 0.3 is 11.9 Å². The second-order valence-corrected chi connectivity index (χ2v) is 9.45. The molecule has 1 aliphatic rings. The van der Waals surface area contributed by atoms with Crippen molar-refractivity contribution in [3.05, 3.63) is 75.9 Å². The molecule has 1 fully saturated rings. The predicted molar refractivity (Wildman–Crippen MR) is 129 cm³/mol. The molecule has 4 aromatic rings. The van der Waals surface area contributed by atoms with E-state index in [2.05, 4.69) is 20.2 Å². The van der Waals surface area contributed by atoms with Crippen LogP contribution < -0.4 is 5.69 Å². The molecule has 3 atom stereocenters. The number of benzene rings is 1. The van der Waals surface area contributed by atoms with E-state index in [4.69, 9.17) is 11.6 Å². The first-order valence-electron chi connectivity index (χ1n) is 11.7. The van der Waals surface area contributed by atoms with E-state index >= 15 is 0 Å². The summed E-state index contributed by atoms with van der Waals surface area (Å²) in [6.07, 6.45) is -5.96. The molecule has 1 saturated carbocycles. The SMILES string of the molecule is O=C(Cc1ncccc1-n1cnc(Cn2nc(-c3ccc(Cl)cc3)n(C[C@H](O)C(F)(F)F)c2=O)n1)[C@H]1C[C@@H]1F. The minimum absolute atomic E-state index is 0.0907. The summed E-state index contributed by atoms with van der Waals surface area (Å²) in [6, 6.07) is 9.20. The van der Waals surface area contributed by atoms with Crippen molar-refractivity contribution in [1.82, 2.24) is 34.1 Å². The molecule has 0 radical (unpaired) electrons. The molecule has 1 N–H and O–H groups in total. The maximum atomic E-state index is 13.3. The zero-order chi connectivity index (χ0) is 27.9. The first kappa shape index (κ1) is 26.7. The fraction of sp³-hybridized carbons (Fsp3) is 0.333. The Balaban J connectivity index is 1.43. The van der Waals surface area contributed by atoms with Crippen molar-refractivity contribution in [1.29, 1.82) is 0 Å². The van der Waals surface area contributed by atoms with Crippen molar-refractivity contribution < 1.29 is 27.5 Å². The molecule has 204 valence electrons. The van der Waals surface area contributed by atoms with Crippen LogP contribution >= 0.6 is 11.6 Å². The summed E-state index contributed by atoms with van der Waals surface area (Å²) in [5.41, 5.74) is 0.177. The number of pyridine rings is 1. The second kappa shape index (κ2) is 10.3. The minimum atomic E-state index is -4.95. The zero-order valence-corrected chi connectivity index (χ0v) is 20.7. The Morgan fingerprint density at radius 1 is 1.15 bits per heavy atom. The predicted octanol–water partition coefficient (Wildman–Crippen LogP) is 2.78. The molecule has 3 heterocycles. The van der Waals surface area contributed by atoms with Crippen molar-refractivity contribution in [3.8, 4) is 17.1 Å². The van der Waals surface area contributed by atoms with E-state index < -0.39 is 36.6 Å². The molecule has 0 saturated heterocycles. The summed E-state index contributed by atoms with van der Waals surface area (Å²) >= 11 is 5.90. The van der Waals surface area contributed by atoms with Gasteiger partial charge in [0.05, 0.1) is 30.3 Å². The van der Waals surface area contributed by atoms with E-state index in [1.807, 2.05) is 0 Å². The van der Waals surface area contributed by atoms with Gasteiger partial charge in [0, 0.05) is 16.8 Å². The maximum absolute atomic E-state index is 13.3. The molecule has 0 amide bonds. The van der Waals surface area contributed by atoms with Gasteiger partial charge < -0.3 is 5.11 Å². The summed E-state index contributed by atoms with van der Waals surface area (Å²) in [4.78, 5) is 33.7. The highest BCUT2D eigenvalue weighted by atomic mass is 35.5. The Kier molecular flexibility index (Phi) is 7.07. The number of rotatable bonds is 9. The summed E-state index contributed by atoms with van der Waals surface area (Å²) in [5.74, 6) is -0.916. The average Bonchev–Trinajstić information content (AvgIpc) is 3.32. The fourth-order valence-electron chi connectivity index (χ4n) is 3.98. The molecule has 0 unspecified atom stereocenters. The van der Waals surface area contributed by atoms with E-state index in [1.54, 1.807) is 12.1 Å². The normalized spacial score (nSPS) is 17.8. The summed E-state index contributed by atoms with van der Waals surface area (Å²) in [5, 5.41) is 18.5. The van der Waals surface area contributed by atoms with Gasteiger partial charge in [-0.25, -0.2) is 23.5 Å². The van der Waals surface area contributed by atoms with Crippen LogP contribution in [0.4, 0.5) is 17.6 Å². The first-order valence-corrected chi connectivity index (χ1v) is 12.1. The van der Waals surface area contributed by atoms with E-state index in [0.29, 0.717) is 22.0 Å². The van der Waals surface area contributed by atoms with Gasteiger partial charge in [0.25, 0.3) is 0 Å². The Hall–Kier alpha value is -3.91. The van der Waals surface area contributed by atoms with Gasteiger partial charge in [0.15, 0.2) is 17.8 Å². The molecule has 10 nitrogen and oxygen atoms in total. The molecule has 15 heteroatoms. The smallest absolute Gasteiger partial charge is 0.382 e. The van der Waals surface area contributed by atoms with Crippen molar-refractivity contribution in [2.24, 2.45) is 5.92 Å². The lowest BCUT2D eigenvalue weighted by atomic mass is 10.1. The number of hydrogen-bond donors (Lipinski definition) is 1. The van der Waals surface area contributed by atoms with Crippen LogP contribution in [-0.4, -0.2) is 63.4 Å². The van der Waals surface area contributed by atoms with Crippen LogP contribution in [0, 0.1) is 5.92 Å². The Labute approximate surface area is 222 Å². The number of carbonyl (C=O) groups is 1. The monoisotopic (exact) mass is 565 g/mol. The number of Topliss-reactive ketones (excluding diaryl/α,β-unsaturated/α-hetero) is 1. The molecular formula is C24H20ClF4N7O3. The van der Waals surface area contributed by atoms with Crippen LogP contribution in [0.2, 0.25) is 5.02 Å². The maximum Gasteiger partial charge on any atom is 0.416 e. The van der Waals surface area contributed by atoms with Crippen LogP contribution in [0.15, 0.2) is 53.7 Å². The summed E-state index contributed by atoms with van der Waals surface area (Å²) in [6.45, 7) is -1.38. The minimum Gasteiger partial charge on any atom is -0.382 e. The van der Waals surface area contributed by atoms with E-state index in [0.717, 1.165) is 9.25 Å². The number of nitrogens with zero attached hydrogens (tertiary/aromatic N) is 7. The Bertz CT molecular complexity index is 1560. The van der Waals surface area contributed by atoms with Gasteiger partial charge in [-0.1, -0.05) is 11.6 Å². The molecule has 0 bridgehead atoms. The Morgan fingerprint density at radius 2 is 1.87 bits per heavy atom. The lowest BCUT2D eigenvalue weighted by Crippen LogP contribution is -2.37. The van der Waals surface area contributed by atoms with Gasteiger partial charge in [-0.05, 0) is 42.8 Å². The van der Waals surface area contributed by atoms with Crippen LogP contribution in [0.5, 0.6) is 0 Å². The van der Waals surface area contributed by atoms with E-state index in [-0.39, 0.29) is 36.8 Å². The van der Waals surface area contributed by atoms with Crippen molar-refractivity contribution >= 4 is 17.4 Å². The number of carbonyl (C=O) groups excluding carboxylic acids is 1. The lowest BCUT2D eigenvalue weighted by molar-refractivity contribution is -0.207. The second-order valence-electron chi connectivity index (χ2n) is 9.01. The fourth-order valence-corrected chi connectivity index (χ4v) is 4.11. The highest BCUT2D eigenvalue weighted by Crippen LogP contribution is 2.35. The molecule has 0 spiro atoms. The Morgan fingerprint density at radius 3 is 2.54 bits per heavy atom. The number of aliphatic hydroxyl groups is 1. The van der Waals surface area contributed by atoms with Crippen molar-refractivity contribution in [2.45, 2.75) is 44.4 Å². The molecule has 3 aromatic heterocycles. The highest BCUT2D eigenvalue weighted by molar-refractivity contribution is 6.30. The largest absolute Gasteiger partial charge is 0.416 e. The molecule has 1 aromatic carbocycles. The van der Waals surface area contributed by atoms with Crippen molar-refractivity contribution in [3.63, 3.8) is 0 Å². The summed E-state index contributed by atoms with van der Waals surface area (Å²) in [7, 11) is 0. The highest BCUT2D eigenvalue weighted by Gasteiger charge is 2.43. The standard InChI is InChI=1S/C24H20ClF4N7O3/c25-14-5-3-13(4-6-14)22-33-35(23(39)34(22)10-20(38)24(27,28)29)11-21-31-12-36(32-21)18-2-1-7-30-17(18)9-19(37)15-8-16(15)26/h1-7,12,15-16,20,38H,8-11H2/t15-,16-,20-/m0/s1. The third kappa shape index (κ3) is 5.76. The lowest BCUT2D eigenvalue weighted by Gasteiger charge is -2.15. The van der Waals surface area contributed by atoms with E-state index in [1.165, 1.54) is 41.5 Å². The topological polar surface area (TPSA) is 121 Å². The van der Waals surface area contributed by atoms with Gasteiger partial charge in [0.2, 0.25) is 0 Å². The first-order chi connectivity index (χ1) is 18.5. The third-order valence-corrected chi connectivity index (χ3v) is 6.42. The number of halogens is 5. The van der Waals surface area contributed by atoms with Gasteiger partial charge in [-0.2, -0.15) is 13.2 Å². The van der Waals surface area contributed by atoms with Gasteiger partial charge in [-0.15, -0.1) is 10.2 Å². The quantitative estimate of drug-likeness (QED) is 0.310.